The van der Waals surface area contributed by atoms with Crippen LogP contribution in [0.4, 0.5) is 5.69 Å². The van der Waals surface area contributed by atoms with E-state index in [1.54, 1.807) is 0 Å². The van der Waals surface area contributed by atoms with E-state index < -0.39 is 0 Å². The molecule has 6 heteroatoms. The van der Waals surface area contributed by atoms with E-state index in [0.29, 0.717) is 11.4 Å². The van der Waals surface area contributed by atoms with E-state index in [4.69, 9.17) is 4.52 Å². The molecule has 0 saturated carbocycles. The lowest BCUT2D eigenvalue weighted by Crippen LogP contribution is -2.14. The minimum atomic E-state index is -0.134. The van der Waals surface area contributed by atoms with E-state index in [1.807, 2.05) is 61.7 Å². The second-order valence-electron chi connectivity index (χ2n) is 6.35. The molecule has 136 valence electrons. The lowest BCUT2D eigenvalue weighted by molar-refractivity contribution is 0.102. The van der Waals surface area contributed by atoms with Gasteiger partial charge in [0.2, 0.25) is 0 Å². The van der Waals surface area contributed by atoms with Crippen LogP contribution in [0.25, 0.3) is 5.82 Å². The number of nitrogens with one attached hydrogen (secondary N) is 2. The van der Waals surface area contributed by atoms with Crippen LogP contribution in [-0.2, 0) is 6.54 Å². The summed E-state index contributed by atoms with van der Waals surface area (Å²) in [6, 6.07) is 11.6. The molecule has 0 bridgehead atoms. The van der Waals surface area contributed by atoms with Crippen molar-refractivity contribution in [3.05, 3.63) is 64.7 Å². The van der Waals surface area contributed by atoms with Gasteiger partial charge in [-0.15, -0.1) is 0 Å². The molecule has 1 aromatic carbocycles. The standard InChI is InChI=1S/C20H24N4O2/c1-5-21-12-16-7-6-8-17(11-16)22-20(25)18-9-13(2)24(15(18)4)19-10-14(3)26-23-19/h6-11,21H,5,12H2,1-4H3,(H,22,25). The van der Waals surface area contributed by atoms with Crippen LogP contribution in [0, 0.1) is 20.8 Å². The van der Waals surface area contributed by atoms with Crippen molar-refractivity contribution >= 4 is 11.6 Å². The third-order valence-electron chi connectivity index (χ3n) is 4.28. The van der Waals surface area contributed by atoms with E-state index in [-0.39, 0.29) is 5.91 Å². The van der Waals surface area contributed by atoms with Gasteiger partial charge in [-0.1, -0.05) is 24.2 Å². The van der Waals surface area contributed by atoms with Crippen LogP contribution in [0.1, 0.15) is 40.0 Å². The van der Waals surface area contributed by atoms with Crippen molar-refractivity contribution in [2.24, 2.45) is 0 Å². The van der Waals surface area contributed by atoms with Gasteiger partial charge in [0.25, 0.3) is 5.91 Å². The van der Waals surface area contributed by atoms with Gasteiger partial charge < -0.3 is 15.2 Å². The van der Waals surface area contributed by atoms with Gasteiger partial charge in [0.1, 0.15) is 5.76 Å². The van der Waals surface area contributed by atoms with Gasteiger partial charge in [0.15, 0.2) is 5.82 Å². The SMILES string of the molecule is CCNCc1cccc(NC(=O)c2cc(C)n(-c3cc(C)on3)c2C)c1. The Kier molecular flexibility index (Phi) is 5.23. The third-order valence-corrected chi connectivity index (χ3v) is 4.28. The van der Waals surface area contributed by atoms with Crippen molar-refractivity contribution in [3.8, 4) is 5.82 Å². The summed E-state index contributed by atoms with van der Waals surface area (Å²) in [7, 11) is 0. The zero-order valence-corrected chi connectivity index (χ0v) is 15.6. The molecular weight excluding hydrogens is 328 g/mol. The topological polar surface area (TPSA) is 72.1 Å². The monoisotopic (exact) mass is 352 g/mol. The van der Waals surface area contributed by atoms with Crippen molar-refractivity contribution in [1.82, 2.24) is 15.0 Å². The van der Waals surface area contributed by atoms with Crippen LogP contribution in [0.2, 0.25) is 0 Å². The highest BCUT2D eigenvalue weighted by atomic mass is 16.5. The number of anilines is 1. The van der Waals surface area contributed by atoms with Gasteiger partial charge >= 0.3 is 0 Å². The predicted molar refractivity (Wildman–Crippen MR) is 102 cm³/mol. The zero-order valence-electron chi connectivity index (χ0n) is 15.6. The van der Waals surface area contributed by atoms with Crippen LogP contribution in [-0.4, -0.2) is 22.2 Å². The molecule has 3 rings (SSSR count). The highest BCUT2D eigenvalue weighted by molar-refractivity contribution is 6.05. The molecule has 0 radical (unpaired) electrons. The Hall–Kier alpha value is -2.86. The lowest BCUT2D eigenvalue weighted by Gasteiger charge is -2.08. The molecule has 0 spiro atoms. The molecule has 2 heterocycles. The van der Waals surface area contributed by atoms with E-state index >= 15 is 0 Å². The Bertz CT molecular complexity index is 924. The summed E-state index contributed by atoms with van der Waals surface area (Å²) >= 11 is 0. The number of carbonyl (C=O) groups excluding carboxylic acids is 1. The first kappa shape index (κ1) is 17.9. The van der Waals surface area contributed by atoms with Crippen LogP contribution >= 0.6 is 0 Å². The highest BCUT2D eigenvalue weighted by Crippen LogP contribution is 2.22. The van der Waals surface area contributed by atoms with Crippen molar-refractivity contribution in [2.75, 3.05) is 11.9 Å². The van der Waals surface area contributed by atoms with Gasteiger partial charge in [0.05, 0.1) is 5.56 Å². The smallest absolute Gasteiger partial charge is 0.257 e. The molecule has 6 nitrogen and oxygen atoms in total. The molecule has 0 aliphatic heterocycles. The Balaban J connectivity index is 1.83. The minimum Gasteiger partial charge on any atom is -0.360 e. The molecule has 3 aromatic rings. The molecule has 0 aliphatic rings. The molecule has 0 fully saturated rings. The Morgan fingerprint density at radius 2 is 2.00 bits per heavy atom. The number of hydrogen-bond acceptors (Lipinski definition) is 4. The Morgan fingerprint density at radius 3 is 2.69 bits per heavy atom. The van der Waals surface area contributed by atoms with Crippen LogP contribution < -0.4 is 10.6 Å². The van der Waals surface area contributed by atoms with Crippen LogP contribution in [0.5, 0.6) is 0 Å². The van der Waals surface area contributed by atoms with E-state index in [9.17, 15) is 4.79 Å². The fourth-order valence-corrected chi connectivity index (χ4v) is 3.03. The average Bonchev–Trinajstić information content (AvgIpc) is 3.16. The van der Waals surface area contributed by atoms with Crippen molar-refractivity contribution in [1.29, 1.82) is 0 Å². The maximum absolute atomic E-state index is 12.8. The maximum atomic E-state index is 12.8. The minimum absolute atomic E-state index is 0.134. The van der Waals surface area contributed by atoms with Gasteiger partial charge in [-0.2, -0.15) is 0 Å². The molecule has 1 amide bonds. The van der Waals surface area contributed by atoms with Crippen molar-refractivity contribution < 1.29 is 9.32 Å². The Morgan fingerprint density at radius 1 is 1.19 bits per heavy atom. The second-order valence-corrected chi connectivity index (χ2v) is 6.35. The summed E-state index contributed by atoms with van der Waals surface area (Å²) in [5.41, 5.74) is 4.31. The van der Waals surface area contributed by atoms with Crippen LogP contribution in [0.3, 0.4) is 0 Å². The summed E-state index contributed by atoms with van der Waals surface area (Å²) in [5.74, 6) is 1.28. The van der Waals surface area contributed by atoms with Crippen molar-refractivity contribution in [2.45, 2.75) is 34.2 Å². The molecular formula is C20H24N4O2. The number of nitrogens with zero attached hydrogens (tertiary/aromatic N) is 2. The normalized spacial score (nSPS) is 10.9. The van der Waals surface area contributed by atoms with E-state index in [2.05, 4.69) is 22.7 Å². The summed E-state index contributed by atoms with van der Waals surface area (Å²) in [6.07, 6.45) is 0. The largest absolute Gasteiger partial charge is 0.360 e. The number of aryl methyl sites for hydroxylation is 2. The number of hydrogen-bond donors (Lipinski definition) is 2. The fraction of sp³-hybridized carbons (Fsp3) is 0.300. The van der Waals surface area contributed by atoms with Crippen LogP contribution in [0.15, 0.2) is 40.9 Å². The van der Waals surface area contributed by atoms with E-state index in [0.717, 1.165) is 41.5 Å². The average molecular weight is 352 g/mol. The number of amides is 1. The highest BCUT2D eigenvalue weighted by Gasteiger charge is 2.18. The third kappa shape index (κ3) is 3.70. The number of rotatable bonds is 6. The second kappa shape index (κ2) is 7.58. The number of carbonyl (C=O) groups is 1. The number of aromatic nitrogens is 2. The van der Waals surface area contributed by atoms with E-state index in [1.165, 1.54) is 0 Å². The molecule has 2 aromatic heterocycles. The lowest BCUT2D eigenvalue weighted by atomic mass is 10.2. The zero-order chi connectivity index (χ0) is 18.7. The maximum Gasteiger partial charge on any atom is 0.257 e. The first-order valence-corrected chi connectivity index (χ1v) is 8.73. The van der Waals surface area contributed by atoms with Gasteiger partial charge in [-0.25, -0.2) is 0 Å². The summed E-state index contributed by atoms with van der Waals surface area (Å²) < 4.78 is 7.09. The molecule has 0 unspecified atom stereocenters. The quantitative estimate of drug-likeness (QED) is 0.709. The summed E-state index contributed by atoms with van der Waals surface area (Å²) in [4.78, 5) is 12.8. The molecule has 26 heavy (non-hydrogen) atoms. The first-order chi connectivity index (χ1) is 12.5. The van der Waals surface area contributed by atoms with Gasteiger partial charge in [-0.05, 0) is 51.1 Å². The van der Waals surface area contributed by atoms with Gasteiger partial charge in [-0.3, -0.25) is 9.36 Å². The van der Waals surface area contributed by atoms with Gasteiger partial charge in [0, 0.05) is 29.7 Å². The fourth-order valence-electron chi connectivity index (χ4n) is 3.03. The summed E-state index contributed by atoms with van der Waals surface area (Å²) in [6.45, 7) is 9.46. The van der Waals surface area contributed by atoms with Crippen molar-refractivity contribution in [3.63, 3.8) is 0 Å². The molecule has 0 aliphatic carbocycles. The molecule has 2 N–H and O–H groups in total. The predicted octanol–water partition coefficient (Wildman–Crippen LogP) is 3.75. The molecule has 0 atom stereocenters. The first-order valence-electron chi connectivity index (χ1n) is 8.73. The molecule has 0 saturated heterocycles. The summed E-state index contributed by atoms with van der Waals surface area (Å²) in [5, 5.41) is 10.3. The Labute approximate surface area is 153 Å². The number of benzene rings is 1.